The molecule has 0 radical (unpaired) electrons. The molecule has 0 aliphatic carbocycles. The van der Waals surface area contributed by atoms with Crippen molar-refractivity contribution in [3.05, 3.63) is 28.2 Å². The van der Waals surface area contributed by atoms with Gasteiger partial charge in [0.05, 0.1) is 18.8 Å². The minimum atomic E-state index is -1.05. The number of carboxylic acid groups (broad SMARTS) is 1. The first kappa shape index (κ1) is 17.5. The van der Waals surface area contributed by atoms with E-state index in [2.05, 4.69) is 21.2 Å². The highest BCUT2D eigenvalue weighted by molar-refractivity contribution is 9.10. The maximum Gasteiger partial charge on any atom is 0.317 e. The molecule has 0 atom stereocenters. The maximum atomic E-state index is 13.6. The highest BCUT2D eigenvalue weighted by Gasteiger charge is 2.16. The average Bonchev–Trinajstić information content (AvgIpc) is 2.33. The first-order valence-electron chi connectivity index (χ1n) is 6.22. The number of benzene rings is 1. The lowest BCUT2D eigenvalue weighted by molar-refractivity contribution is -0.138. The molecule has 1 amide bonds. The Balaban J connectivity index is 2.74. The number of amides is 1. The van der Waals surface area contributed by atoms with Gasteiger partial charge >= 0.3 is 5.97 Å². The van der Waals surface area contributed by atoms with Crippen LogP contribution in [0.4, 0.5) is 14.5 Å². The molecule has 0 spiro atoms. The van der Waals surface area contributed by atoms with Crippen molar-refractivity contribution in [3.63, 3.8) is 0 Å². The third kappa shape index (κ3) is 5.76. The lowest BCUT2D eigenvalue weighted by Gasteiger charge is -2.19. The fourth-order valence-electron chi connectivity index (χ4n) is 1.77. The number of hydrogen-bond acceptors (Lipinski definition) is 3. The summed E-state index contributed by atoms with van der Waals surface area (Å²) in [6, 6.07) is 1.68. The molecule has 0 saturated carbocycles. The van der Waals surface area contributed by atoms with E-state index in [1.807, 2.05) is 6.92 Å². The van der Waals surface area contributed by atoms with E-state index < -0.39 is 23.5 Å². The summed E-state index contributed by atoms with van der Waals surface area (Å²) >= 11 is 2.96. The van der Waals surface area contributed by atoms with Gasteiger partial charge in [0.15, 0.2) is 5.82 Å². The van der Waals surface area contributed by atoms with Crippen LogP contribution in [0.3, 0.4) is 0 Å². The zero-order valence-corrected chi connectivity index (χ0v) is 12.9. The van der Waals surface area contributed by atoms with Gasteiger partial charge in [-0.2, -0.15) is 0 Å². The first-order chi connectivity index (χ1) is 9.83. The summed E-state index contributed by atoms with van der Waals surface area (Å²) in [6.07, 6.45) is 0.676. The zero-order chi connectivity index (χ0) is 16.0. The van der Waals surface area contributed by atoms with E-state index in [4.69, 9.17) is 5.11 Å². The Bertz CT molecular complexity index is 517. The molecule has 1 aromatic rings. The maximum absolute atomic E-state index is 13.6. The summed E-state index contributed by atoms with van der Waals surface area (Å²) in [6.45, 7) is 1.80. The molecule has 8 heteroatoms. The van der Waals surface area contributed by atoms with Crippen molar-refractivity contribution in [1.82, 2.24) is 4.90 Å². The fraction of sp³-hybridized carbons (Fsp3) is 0.385. The van der Waals surface area contributed by atoms with Gasteiger partial charge in [-0.05, 0) is 35.0 Å². The summed E-state index contributed by atoms with van der Waals surface area (Å²) in [5, 5.41) is 11.1. The Kier molecular flexibility index (Phi) is 6.70. The number of nitrogens with zero attached hydrogens (tertiary/aromatic N) is 1. The number of carbonyl (C=O) groups is 2. The van der Waals surface area contributed by atoms with Crippen LogP contribution in [0.1, 0.15) is 13.3 Å². The van der Waals surface area contributed by atoms with Crippen molar-refractivity contribution >= 4 is 33.5 Å². The Morgan fingerprint density at radius 3 is 2.52 bits per heavy atom. The minimum absolute atomic E-state index is 0.0774. The Morgan fingerprint density at radius 2 is 2.00 bits per heavy atom. The van der Waals surface area contributed by atoms with Gasteiger partial charge in [0, 0.05) is 10.5 Å². The summed E-state index contributed by atoms with van der Waals surface area (Å²) in [4.78, 5) is 24.0. The Hall–Kier alpha value is -1.54. The van der Waals surface area contributed by atoms with Gasteiger partial charge in [-0.15, -0.1) is 0 Å². The third-order valence-corrected chi connectivity index (χ3v) is 3.16. The van der Waals surface area contributed by atoms with E-state index in [0.29, 0.717) is 19.0 Å². The van der Waals surface area contributed by atoms with Crippen molar-refractivity contribution < 1.29 is 23.5 Å². The first-order valence-corrected chi connectivity index (χ1v) is 7.01. The number of hydrogen-bond donors (Lipinski definition) is 2. The molecule has 0 saturated heterocycles. The molecule has 1 rings (SSSR count). The summed E-state index contributed by atoms with van der Waals surface area (Å²) in [5.74, 6) is -3.30. The molecule has 0 aliphatic rings. The molecule has 2 N–H and O–H groups in total. The number of anilines is 1. The van der Waals surface area contributed by atoms with Crippen molar-refractivity contribution in [2.45, 2.75) is 13.3 Å². The van der Waals surface area contributed by atoms with Crippen LogP contribution in [0.25, 0.3) is 0 Å². The standard InChI is InChI=1S/C13H15BrF2N2O3/c1-2-3-18(7-12(20)21)6-11(19)17-13-9(14)4-8(15)5-10(13)16/h4-5H,2-3,6-7H2,1H3,(H,17,19)(H,20,21). The zero-order valence-electron chi connectivity index (χ0n) is 11.3. The normalized spacial score (nSPS) is 10.7. The second kappa shape index (κ2) is 8.04. The fourth-order valence-corrected chi connectivity index (χ4v) is 2.27. The van der Waals surface area contributed by atoms with Crippen LogP contribution in [-0.4, -0.2) is 41.5 Å². The van der Waals surface area contributed by atoms with E-state index in [1.165, 1.54) is 4.90 Å². The molecular weight excluding hydrogens is 350 g/mol. The average molecular weight is 365 g/mol. The van der Waals surface area contributed by atoms with Gasteiger partial charge in [0.1, 0.15) is 5.82 Å². The Labute approximate surface area is 129 Å². The minimum Gasteiger partial charge on any atom is -0.480 e. The topological polar surface area (TPSA) is 69.6 Å². The molecular formula is C13H15BrF2N2O3. The van der Waals surface area contributed by atoms with E-state index in [1.54, 1.807) is 0 Å². The molecule has 0 unspecified atom stereocenters. The van der Waals surface area contributed by atoms with Crippen molar-refractivity contribution in [2.75, 3.05) is 25.0 Å². The largest absolute Gasteiger partial charge is 0.480 e. The quantitative estimate of drug-likeness (QED) is 0.779. The predicted octanol–water partition coefficient (Wildman–Crippen LogP) is 2.46. The van der Waals surface area contributed by atoms with Gasteiger partial charge in [0.25, 0.3) is 0 Å². The van der Waals surface area contributed by atoms with Gasteiger partial charge in [-0.25, -0.2) is 8.78 Å². The lowest BCUT2D eigenvalue weighted by Crippen LogP contribution is -2.37. The van der Waals surface area contributed by atoms with Gasteiger partial charge in [-0.3, -0.25) is 14.5 Å². The van der Waals surface area contributed by atoms with Crippen LogP contribution < -0.4 is 5.32 Å². The number of nitrogens with one attached hydrogen (secondary N) is 1. The number of aliphatic carboxylic acids is 1. The number of halogens is 3. The molecule has 1 aromatic carbocycles. The number of carboxylic acids is 1. The van der Waals surface area contributed by atoms with E-state index in [-0.39, 0.29) is 23.2 Å². The van der Waals surface area contributed by atoms with Gasteiger partial charge < -0.3 is 10.4 Å². The van der Waals surface area contributed by atoms with Crippen LogP contribution in [0.15, 0.2) is 16.6 Å². The number of rotatable bonds is 7. The van der Waals surface area contributed by atoms with E-state index in [0.717, 1.165) is 6.07 Å². The summed E-state index contributed by atoms with van der Waals surface area (Å²) in [7, 11) is 0. The van der Waals surface area contributed by atoms with Gasteiger partial charge in [-0.1, -0.05) is 6.92 Å². The molecule has 0 bridgehead atoms. The summed E-state index contributed by atoms with van der Waals surface area (Å²) in [5.41, 5.74) is -0.173. The van der Waals surface area contributed by atoms with Crippen LogP contribution in [-0.2, 0) is 9.59 Å². The lowest BCUT2D eigenvalue weighted by atomic mass is 10.3. The van der Waals surface area contributed by atoms with E-state index >= 15 is 0 Å². The van der Waals surface area contributed by atoms with Crippen LogP contribution in [0, 0.1) is 11.6 Å². The molecule has 21 heavy (non-hydrogen) atoms. The Morgan fingerprint density at radius 1 is 1.33 bits per heavy atom. The molecule has 0 aromatic heterocycles. The SMILES string of the molecule is CCCN(CC(=O)O)CC(=O)Nc1c(F)cc(F)cc1Br. The second-order valence-electron chi connectivity index (χ2n) is 4.40. The highest BCUT2D eigenvalue weighted by Crippen LogP contribution is 2.26. The molecule has 116 valence electrons. The predicted molar refractivity (Wildman–Crippen MR) is 77.1 cm³/mol. The van der Waals surface area contributed by atoms with Crippen molar-refractivity contribution in [2.24, 2.45) is 0 Å². The number of carbonyl (C=O) groups excluding carboxylic acids is 1. The molecule has 0 fully saturated rings. The monoisotopic (exact) mass is 364 g/mol. The van der Waals surface area contributed by atoms with Gasteiger partial charge in [0.2, 0.25) is 5.91 Å². The highest BCUT2D eigenvalue weighted by atomic mass is 79.9. The third-order valence-electron chi connectivity index (χ3n) is 2.54. The molecule has 0 aliphatic heterocycles. The van der Waals surface area contributed by atoms with E-state index in [9.17, 15) is 18.4 Å². The summed E-state index contributed by atoms with van der Waals surface area (Å²) < 4.78 is 26.6. The van der Waals surface area contributed by atoms with Crippen LogP contribution >= 0.6 is 15.9 Å². The second-order valence-corrected chi connectivity index (χ2v) is 5.25. The van der Waals surface area contributed by atoms with Crippen molar-refractivity contribution in [3.8, 4) is 0 Å². The van der Waals surface area contributed by atoms with Crippen molar-refractivity contribution in [1.29, 1.82) is 0 Å². The molecule has 0 heterocycles. The van der Waals surface area contributed by atoms with Crippen LogP contribution in [0.5, 0.6) is 0 Å². The van der Waals surface area contributed by atoms with Crippen LogP contribution in [0.2, 0.25) is 0 Å². The smallest absolute Gasteiger partial charge is 0.317 e. The molecule has 5 nitrogen and oxygen atoms in total.